The van der Waals surface area contributed by atoms with Crippen molar-refractivity contribution in [2.45, 2.75) is 52.3 Å². The highest BCUT2D eigenvalue weighted by Gasteiger charge is 2.16. The summed E-state index contributed by atoms with van der Waals surface area (Å²) < 4.78 is 2.26. The summed E-state index contributed by atoms with van der Waals surface area (Å²) in [5.74, 6) is 0. The van der Waals surface area contributed by atoms with Gasteiger partial charge in [-0.1, -0.05) is 13.8 Å². The summed E-state index contributed by atoms with van der Waals surface area (Å²) in [6.07, 6.45) is 4.03. The first-order valence-corrected chi connectivity index (χ1v) is 6.16. The third-order valence-electron chi connectivity index (χ3n) is 2.96. The number of aliphatic hydroxyl groups is 1. The highest BCUT2D eigenvalue weighted by Crippen LogP contribution is 2.07. The van der Waals surface area contributed by atoms with Gasteiger partial charge in [0, 0.05) is 31.5 Å². The molecule has 1 rings (SSSR count). The van der Waals surface area contributed by atoms with E-state index < -0.39 is 5.60 Å². The molecule has 1 heterocycles. The van der Waals surface area contributed by atoms with Crippen molar-refractivity contribution >= 4 is 0 Å². The van der Waals surface area contributed by atoms with Gasteiger partial charge in [-0.15, -0.1) is 0 Å². The molecule has 0 aliphatic rings. The van der Waals surface area contributed by atoms with Crippen molar-refractivity contribution in [1.82, 2.24) is 9.88 Å². The largest absolute Gasteiger partial charge is 0.389 e. The zero-order valence-electron chi connectivity index (χ0n) is 10.7. The Kier molecular flexibility index (Phi) is 5.03. The van der Waals surface area contributed by atoms with Crippen molar-refractivity contribution in [2.75, 3.05) is 6.54 Å². The van der Waals surface area contributed by atoms with Crippen LogP contribution >= 0.6 is 0 Å². The Morgan fingerprint density at radius 3 is 2.81 bits per heavy atom. The molecule has 1 aromatic rings. The fraction of sp³-hybridized carbons (Fsp3) is 0.692. The molecule has 16 heavy (non-hydrogen) atoms. The molecule has 0 radical (unpaired) electrons. The number of hydrogen-bond donors (Lipinski definition) is 2. The fourth-order valence-electron chi connectivity index (χ4n) is 1.65. The minimum absolute atomic E-state index is 0.595. The Balaban J connectivity index is 2.39. The van der Waals surface area contributed by atoms with E-state index in [2.05, 4.69) is 35.1 Å². The molecule has 0 saturated heterocycles. The van der Waals surface area contributed by atoms with E-state index in [4.69, 9.17) is 0 Å². The van der Waals surface area contributed by atoms with Crippen LogP contribution in [0.4, 0.5) is 0 Å². The summed E-state index contributed by atoms with van der Waals surface area (Å²) in [5, 5.41) is 13.2. The zero-order valence-corrected chi connectivity index (χ0v) is 10.7. The molecule has 0 spiro atoms. The van der Waals surface area contributed by atoms with Gasteiger partial charge in [0.15, 0.2) is 0 Å². The summed E-state index contributed by atoms with van der Waals surface area (Å²) in [5.41, 5.74) is 0.691. The van der Waals surface area contributed by atoms with Gasteiger partial charge in [0.25, 0.3) is 0 Å². The van der Waals surface area contributed by atoms with Crippen LogP contribution in [-0.4, -0.2) is 21.8 Å². The predicted octanol–water partition coefficient (Wildman–Crippen LogP) is 2.15. The molecule has 1 unspecified atom stereocenters. The molecule has 0 fully saturated rings. The summed E-state index contributed by atoms with van der Waals surface area (Å²) in [4.78, 5) is 0. The van der Waals surface area contributed by atoms with Crippen LogP contribution < -0.4 is 5.32 Å². The van der Waals surface area contributed by atoms with Gasteiger partial charge in [0.1, 0.15) is 0 Å². The second kappa shape index (κ2) is 6.06. The van der Waals surface area contributed by atoms with Gasteiger partial charge >= 0.3 is 0 Å². The smallest absolute Gasteiger partial charge is 0.0741 e. The Bertz CT molecular complexity index is 305. The van der Waals surface area contributed by atoms with E-state index in [1.165, 1.54) is 5.69 Å². The maximum absolute atomic E-state index is 9.86. The first-order valence-electron chi connectivity index (χ1n) is 6.16. The minimum Gasteiger partial charge on any atom is -0.389 e. The van der Waals surface area contributed by atoms with Crippen molar-refractivity contribution in [3.05, 3.63) is 24.0 Å². The predicted molar refractivity (Wildman–Crippen MR) is 67.3 cm³/mol. The summed E-state index contributed by atoms with van der Waals surface area (Å²) in [7, 11) is 0. The number of aromatic nitrogens is 1. The molecular weight excluding hydrogens is 200 g/mol. The monoisotopic (exact) mass is 224 g/mol. The van der Waals surface area contributed by atoms with Gasteiger partial charge in [-0.25, -0.2) is 0 Å². The van der Waals surface area contributed by atoms with E-state index >= 15 is 0 Å². The van der Waals surface area contributed by atoms with Gasteiger partial charge in [0.05, 0.1) is 5.60 Å². The standard InChI is InChI=1S/C13H24N2O/c1-4-8-15-9-6-7-12(15)10-14-11-13(3,16)5-2/h6-7,9,14,16H,4-5,8,10-11H2,1-3H3. The first kappa shape index (κ1) is 13.3. The molecule has 0 bridgehead atoms. The van der Waals surface area contributed by atoms with Crippen LogP contribution in [-0.2, 0) is 13.1 Å². The maximum atomic E-state index is 9.86. The number of nitrogens with one attached hydrogen (secondary N) is 1. The van der Waals surface area contributed by atoms with Crippen LogP contribution in [0, 0.1) is 0 Å². The van der Waals surface area contributed by atoms with Crippen LogP contribution in [0.5, 0.6) is 0 Å². The Morgan fingerprint density at radius 1 is 1.44 bits per heavy atom. The molecule has 0 saturated carbocycles. The van der Waals surface area contributed by atoms with Crippen LogP contribution in [0.2, 0.25) is 0 Å². The number of aryl methyl sites for hydroxylation is 1. The van der Waals surface area contributed by atoms with Crippen molar-refractivity contribution in [2.24, 2.45) is 0 Å². The van der Waals surface area contributed by atoms with Crippen molar-refractivity contribution in [3.8, 4) is 0 Å². The molecule has 3 nitrogen and oxygen atoms in total. The van der Waals surface area contributed by atoms with Gasteiger partial charge in [-0.3, -0.25) is 0 Å². The SMILES string of the molecule is CCCn1cccc1CNCC(C)(O)CC. The fourth-order valence-corrected chi connectivity index (χ4v) is 1.65. The molecule has 0 aliphatic carbocycles. The van der Waals surface area contributed by atoms with E-state index in [9.17, 15) is 5.11 Å². The number of hydrogen-bond acceptors (Lipinski definition) is 2. The molecule has 0 aliphatic heterocycles. The second-order valence-corrected chi connectivity index (χ2v) is 4.65. The van der Waals surface area contributed by atoms with Crippen LogP contribution in [0.15, 0.2) is 18.3 Å². The first-order chi connectivity index (χ1) is 7.59. The normalized spacial score (nSPS) is 15.0. The lowest BCUT2D eigenvalue weighted by Crippen LogP contribution is -2.37. The molecule has 92 valence electrons. The number of nitrogens with zero attached hydrogens (tertiary/aromatic N) is 1. The average Bonchev–Trinajstić information content (AvgIpc) is 2.66. The quantitative estimate of drug-likeness (QED) is 0.744. The van der Waals surface area contributed by atoms with Crippen molar-refractivity contribution < 1.29 is 5.11 Å². The average molecular weight is 224 g/mol. The Hall–Kier alpha value is -0.800. The van der Waals surface area contributed by atoms with Crippen LogP contribution in [0.1, 0.15) is 39.3 Å². The molecule has 3 heteroatoms. The molecule has 0 amide bonds. The topological polar surface area (TPSA) is 37.2 Å². The van der Waals surface area contributed by atoms with Gasteiger partial charge in [-0.2, -0.15) is 0 Å². The lowest BCUT2D eigenvalue weighted by Gasteiger charge is -2.21. The van der Waals surface area contributed by atoms with E-state index in [-0.39, 0.29) is 0 Å². The molecule has 1 atom stereocenters. The van der Waals surface area contributed by atoms with Crippen LogP contribution in [0.25, 0.3) is 0 Å². The summed E-state index contributed by atoms with van der Waals surface area (Å²) >= 11 is 0. The number of rotatable bonds is 7. The van der Waals surface area contributed by atoms with Gasteiger partial charge in [0.2, 0.25) is 0 Å². The summed E-state index contributed by atoms with van der Waals surface area (Å²) in [6.45, 7) is 8.57. The zero-order chi connectivity index (χ0) is 12.0. The van der Waals surface area contributed by atoms with Crippen molar-refractivity contribution in [1.29, 1.82) is 0 Å². The van der Waals surface area contributed by atoms with Crippen molar-refractivity contribution in [3.63, 3.8) is 0 Å². The third kappa shape index (κ3) is 3.99. The lowest BCUT2D eigenvalue weighted by atomic mass is 10.0. The van der Waals surface area contributed by atoms with E-state index in [1.54, 1.807) is 0 Å². The Morgan fingerprint density at radius 2 is 2.19 bits per heavy atom. The molecular formula is C13H24N2O. The Labute approximate surface area is 98.5 Å². The second-order valence-electron chi connectivity index (χ2n) is 4.65. The minimum atomic E-state index is -0.595. The maximum Gasteiger partial charge on any atom is 0.0741 e. The lowest BCUT2D eigenvalue weighted by molar-refractivity contribution is 0.0554. The molecule has 2 N–H and O–H groups in total. The van der Waals surface area contributed by atoms with Gasteiger partial charge < -0.3 is 15.0 Å². The van der Waals surface area contributed by atoms with E-state index in [0.29, 0.717) is 6.54 Å². The van der Waals surface area contributed by atoms with E-state index in [1.807, 2.05) is 13.8 Å². The third-order valence-corrected chi connectivity index (χ3v) is 2.96. The summed E-state index contributed by atoms with van der Waals surface area (Å²) in [6, 6.07) is 4.20. The highest BCUT2D eigenvalue weighted by molar-refractivity contribution is 5.06. The van der Waals surface area contributed by atoms with Gasteiger partial charge in [-0.05, 0) is 31.9 Å². The van der Waals surface area contributed by atoms with Crippen LogP contribution in [0.3, 0.4) is 0 Å². The molecule has 1 aromatic heterocycles. The highest BCUT2D eigenvalue weighted by atomic mass is 16.3. The van der Waals surface area contributed by atoms with E-state index in [0.717, 1.165) is 25.9 Å². The molecule has 0 aromatic carbocycles.